The molecular weight excluding hydrogens is 329 g/mol. The Kier molecular flexibility index (Phi) is 4.37. The first-order chi connectivity index (χ1) is 10.9. The summed E-state index contributed by atoms with van der Waals surface area (Å²) in [5.41, 5.74) is 11.7. The first-order valence-electron chi connectivity index (χ1n) is 7.53. The summed E-state index contributed by atoms with van der Waals surface area (Å²) in [5, 5.41) is 1.12. The standard InChI is InChI=1S/C18H19Cl2N3/c1-10-6-16-17(7-11(10)2)23(18(22-16)12(3)21)9-13-4-5-14(19)15(20)8-13/h4-8,12H,9,21H2,1-3H3. The quantitative estimate of drug-likeness (QED) is 0.722. The Bertz CT molecular complexity index is 882. The van der Waals surface area contributed by atoms with Crippen molar-refractivity contribution < 1.29 is 0 Å². The predicted molar refractivity (Wildman–Crippen MR) is 97.4 cm³/mol. The second kappa shape index (κ2) is 6.16. The number of nitrogens with two attached hydrogens (primary N) is 1. The normalized spacial score (nSPS) is 12.8. The summed E-state index contributed by atoms with van der Waals surface area (Å²) in [4.78, 5) is 4.73. The highest BCUT2D eigenvalue weighted by molar-refractivity contribution is 6.42. The number of fused-ring (bicyclic) bond motifs is 1. The minimum absolute atomic E-state index is 0.147. The highest BCUT2D eigenvalue weighted by Gasteiger charge is 2.15. The lowest BCUT2D eigenvalue weighted by atomic mass is 10.1. The van der Waals surface area contributed by atoms with Crippen LogP contribution in [0.15, 0.2) is 30.3 Å². The van der Waals surface area contributed by atoms with Crippen LogP contribution in [0.25, 0.3) is 11.0 Å². The van der Waals surface area contributed by atoms with Gasteiger partial charge in [-0.1, -0.05) is 29.3 Å². The molecule has 1 atom stereocenters. The van der Waals surface area contributed by atoms with Gasteiger partial charge in [-0.3, -0.25) is 0 Å². The fourth-order valence-corrected chi connectivity index (χ4v) is 3.05. The monoisotopic (exact) mass is 347 g/mol. The predicted octanol–water partition coefficient (Wildman–Crippen LogP) is 5.03. The van der Waals surface area contributed by atoms with Crippen LogP contribution in [0.4, 0.5) is 0 Å². The largest absolute Gasteiger partial charge is 0.322 e. The van der Waals surface area contributed by atoms with E-state index >= 15 is 0 Å². The summed E-state index contributed by atoms with van der Waals surface area (Å²) in [6, 6.07) is 9.82. The van der Waals surface area contributed by atoms with Crippen LogP contribution >= 0.6 is 23.2 Å². The molecule has 0 aliphatic heterocycles. The molecule has 3 aromatic rings. The number of rotatable bonds is 3. The Morgan fingerprint density at radius 2 is 1.78 bits per heavy atom. The van der Waals surface area contributed by atoms with Gasteiger partial charge < -0.3 is 10.3 Å². The lowest BCUT2D eigenvalue weighted by molar-refractivity contribution is 0.664. The third-order valence-electron chi connectivity index (χ3n) is 4.13. The molecule has 5 heteroatoms. The number of hydrogen-bond donors (Lipinski definition) is 1. The minimum atomic E-state index is -0.147. The molecule has 3 nitrogen and oxygen atoms in total. The molecule has 2 aromatic carbocycles. The van der Waals surface area contributed by atoms with Crippen LogP contribution < -0.4 is 5.73 Å². The lowest BCUT2D eigenvalue weighted by Crippen LogP contribution is -2.14. The molecule has 0 spiro atoms. The van der Waals surface area contributed by atoms with E-state index in [9.17, 15) is 0 Å². The van der Waals surface area contributed by atoms with Gasteiger partial charge in [0.05, 0.1) is 27.1 Å². The molecule has 2 N–H and O–H groups in total. The van der Waals surface area contributed by atoms with Crippen LogP contribution in [-0.4, -0.2) is 9.55 Å². The van der Waals surface area contributed by atoms with Gasteiger partial charge in [-0.25, -0.2) is 4.98 Å². The third kappa shape index (κ3) is 3.09. The average molecular weight is 348 g/mol. The van der Waals surface area contributed by atoms with Crippen molar-refractivity contribution in [2.75, 3.05) is 0 Å². The Morgan fingerprint density at radius 1 is 1.09 bits per heavy atom. The molecule has 0 saturated carbocycles. The lowest BCUT2D eigenvalue weighted by Gasteiger charge is -2.12. The van der Waals surface area contributed by atoms with Crippen LogP contribution in [0.3, 0.4) is 0 Å². The number of halogens is 2. The van der Waals surface area contributed by atoms with Crippen molar-refractivity contribution in [2.45, 2.75) is 33.4 Å². The van der Waals surface area contributed by atoms with Crippen molar-refractivity contribution in [3.8, 4) is 0 Å². The molecule has 1 aromatic heterocycles. The summed E-state index contributed by atoms with van der Waals surface area (Å²) in [5.74, 6) is 0.871. The zero-order valence-corrected chi connectivity index (χ0v) is 14.9. The molecule has 23 heavy (non-hydrogen) atoms. The van der Waals surface area contributed by atoms with E-state index in [0.717, 1.165) is 22.4 Å². The molecule has 1 heterocycles. The molecule has 0 aliphatic rings. The van der Waals surface area contributed by atoms with Crippen LogP contribution in [-0.2, 0) is 6.54 Å². The number of imidazole rings is 1. The Balaban J connectivity index is 2.15. The molecule has 0 aliphatic carbocycles. The van der Waals surface area contributed by atoms with Crippen molar-refractivity contribution in [3.05, 3.63) is 62.9 Å². The van der Waals surface area contributed by atoms with Crippen molar-refractivity contribution in [2.24, 2.45) is 5.73 Å². The van der Waals surface area contributed by atoms with E-state index in [1.165, 1.54) is 11.1 Å². The molecule has 1 unspecified atom stereocenters. The minimum Gasteiger partial charge on any atom is -0.322 e. The summed E-state index contributed by atoms with van der Waals surface area (Å²) in [6.45, 7) is 6.81. The molecule has 3 rings (SSSR count). The summed E-state index contributed by atoms with van der Waals surface area (Å²) in [6.07, 6.45) is 0. The van der Waals surface area contributed by atoms with E-state index < -0.39 is 0 Å². The summed E-state index contributed by atoms with van der Waals surface area (Å²) < 4.78 is 2.16. The fourth-order valence-electron chi connectivity index (χ4n) is 2.73. The van der Waals surface area contributed by atoms with E-state index in [1.807, 2.05) is 25.1 Å². The molecule has 0 radical (unpaired) electrons. The smallest absolute Gasteiger partial charge is 0.126 e. The van der Waals surface area contributed by atoms with Gasteiger partial charge in [-0.15, -0.1) is 0 Å². The Hall–Kier alpha value is -1.55. The van der Waals surface area contributed by atoms with Crippen LogP contribution in [0, 0.1) is 13.8 Å². The molecule has 0 saturated heterocycles. The number of hydrogen-bond acceptors (Lipinski definition) is 2. The van der Waals surface area contributed by atoms with E-state index in [1.54, 1.807) is 0 Å². The zero-order chi connectivity index (χ0) is 16.7. The van der Waals surface area contributed by atoms with Crippen LogP contribution in [0.1, 0.15) is 35.5 Å². The summed E-state index contributed by atoms with van der Waals surface area (Å²) in [7, 11) is 0. The van der Waals surface area contributed by atoms with Crippen molar-refractivity contribution in [1.82, 2.24) is 9.55 Å². The maximum absolute atomic E-state index is 6.14. The topological polar surface area (TPSA) is 43.8 Å². The van der Waals surface area contributed by atoms with Crippen LogP contribution in [0.5, 0.6) is 0 Å². The zero-order valence-electron chi connectivity index (χ0n) is 13.4. The molecular formula is C18H19Cl2N3. The molecule has 0 bridgehead atoms. The highest BCUT2D eigenvalue weighted by Crippen LogP contribution is 2.27. The second-order valence-electron chi connectivity index (χ2n) is 6.02. The van der Waals surface area contributed by atoms with Gasteiger partial charge in [0.1, 0.15) is 5.82 Å². The fraction of sp³-hybridized carbons (Fsp3) is 0.278. The number of aromatic nitrogens is 2. The summed E-state index contributed by atoms with van der Waals surface area (Å²) >= 11 is 12.1. The Labute approximate surface area is 146 Å². The van der Waals surface area contributed by atoms with Crippen molar-refractivity contribution in [1.29, 1.82) is 0 Å². The van der Waals surface area contributed by atoms with Gasteiger partial charge >= 0.3 is 0 Å². The van der Waals surface area contributed by atoms with Crippen molar-refractivity contribution in [3.63, 3.8) is 0 Å². The van der Waals surface area contributed by atoms with Crippen LogP contribution in [0.2, 0.25) is 10.0 Å². The van der Waals surface area contributed by atoms with Gasteiger partial charge in [0, 0.05) is 6.54 Å². The van der Waals surface area contributed by atoms with Gasteiger partial charge in [0.2, 0.25) is 0 Å². The molecule has 120 valence electrons. The molecule has 0 fully saturated rings. The first-order valence-corrected chi connectivity index (χ1v) is 8.29. The number of nitrogens with zero attached hydrogens (tertiary/aromatic N) is 2. The maximum Gasteiger partial charge on any atom is 0.126 e. The van der Waals surface area contributed by atoms with E-state index in [2.05, 4.69) is 30.5 Å². The SMILES string of the molecule is Cc1cc2nc(C(C)N)n(Cc3ccc(Cl)c(Cl)c3)c2cc1C. The number of aryl methyl sites for hydroxylation is 2. The highest BCUT2D eigenvalue weighted by atomic mass is 35.5. The van der Waals surface area contributed by atoms with Gasteiger partial charge in [0.25, 0.3) is 0 Å². The maximum atomic E-state index is 6.14. The van der Waals surface area contributed by atoms with E-state index in [-0.39, 0.29) is 6.04 Å². The van der Waals surface area contributed by atoms with Gasteiger partial charge in [-0.05, 0) is 61.7 Å². The third-order valence-corrected chi connectivity index (χ3v) is 4.86. The first kappa shape index (κ1) is 16.3. The number of benzene rings is 2. The van der Waals surface area contributed by atoms with E-state index in [0.29, 0.717) is 16.6 Å². The van der Waals surface area contributed by atoms with E-state index in [4.69, 9.17) is 33.9 Å². The average Bonchev–Trinajstić information content (AvgIpc) is 2.82. The van der Waals surface area contributed by atoms with Crippen molar-refractivity contribution >= 4 is 34.2 Å². The second-order valence-corrected chi connectivity index (χ2v) is 6.83. The Morgan fingerprint density at radius 3 is 2.43 bits per heavy atom. The molecule has 0 amide bonds. The van der Waals surface area contributed by atoms with Gasteiger partial charge in [-0.2, -0.15) is 0 Å². The van der Waals surface area contributed by atoms with Gasteiger partial charge in [0.15, 0.2) is 0 Å².